The highest BCUT2D eigenvalue weighted by atomic mass is 32.2. The number of nitrogens with one attached hydrogen (secondary N) is 1. The standard InChI is InChI=1S/C25H27NO4S/c1-2-24(30-20-12-7-4-8-13-20)25(28)26-22(16-19-10-5-3-6-11-19)23(27)18-31-17-21-14-9-15-29-21/h3-15,22,24H,2,16-18H2,1H3,(H,26,28)/t22-,24?/m0/s1. The van der Waals surface area contributed by atoms with Gasteiger partial charge in [0.1, 0.15) is 11.5 Å². The van der Waals surface area contributed by atoms with Gasteiger partial charge in [0.05, 0.1) is 23.8 Å². The van der Waals surface area contributed by atoms with E-state index < -0.39 is 12.1 Å². The van der Waals surface area contributed by atoms with Gasteiger partial charge in [-0.25, -0.2) is 0 Å². The quantitative estimate of drug-likeness (QED) is 0.446. The Bertz CT molecular complexity index is 929. The fourth-order valence-corrected chi connectivity index (χ4v) is 3.96. The van der Waals surface area contributed by atoms with E-state index in [1.54, 1.807) is 6.26 Å². The van der Waals surface area contributed by atoms with Gasteiger partial charge in [-0.15, -0.1) is 11.8 Å². The zero-order valence-electron chi connectivity index (χ0n) is 17.5. The smallest absolute Gasteiger partial charge is 0.261 e. The first-order valence-corrected chi connectivity index (χ1v) is 11.5. The third kappa shape index (κ3) is 7.33. The highest BCUT2D eigenvalue weighted by Gasteiger charge is 2.26. The minimum atomic E-state index is -0.663. The number of hydrogen-bond acceptors (Lipinski definition) is 5. The summed E-state index contributed by atoms with van der Waals surface area (Å²) in [5.41, 5.74) is 0.995. The average Bonchev–Trinajstić information content (AvgIpc) is 3.32. The maximum absolute atomic E-state index is 13.0. The van der Waals surface area contributed by atoms with Crippen LogP contribution in [0.4, 0.5) is 0 Å². The molecule has 3 aromatic rings. The highest BCUT2D eigenvalue weighted by Crippen LogP contribution is 2.16. The zero-order chi connectivity index (χ0) is 21.9. The SMILES string of the molecule is CCC(Oc1ccccc1)C(=O)N[C@@H](Cc1ccccc1)C(=O)CSCc1ccco1. The molecule has 1 N–H and O–H groups in total. The van der Waals surface area contributed by atoms with Crippen LogP contribution in [-0.2, 0) is 21.8 Å². The van der Waals surface area contributed by atoms with Crippen LogP contribution in [0.25, 0.3) is 0 Å². The molecular formula is C25H27NO4S. The van der Waals surface area contributed by atoms with E-state index in [4.69, 9.17) is 9.15 Å². The molecule has 1 amide bonds. The average molecular weight is 438 g/mol. The lowest BCUT2D eigenvalue weighted by Gasteiger charge is -2.22. The summed E-state index contributed by atoms with van der Waals surface area (Å²) in [6.07, 6.45) is 1.90. The molecule has 0 bridgehead atoms. The first-order valence-electron chi connectivity index (χ1n) is 10.3. The number of rotatable bonds is 12. The molecule has 6 heteroatoms. The van der Waals surface area contributed by atoms with E-state index in [1.165, 1.54) is 11.8 Å². The van der Waals surface area contributed by atoms with Gasteiger partial charge < -0.3 is 14.5 Å². The number of ether oxygens (including phenoxy) is 1. The van der Waals surface area contributed by atoms with Crippen LogP contribution in [0.2, 0.25) is 0 Å². The zero-order valence-corrected chi connectivity index (χ0v) is 18.3. The van der Waals surface area contributed by atoms with E-state index in [0.717, 1.165) is 11.3 Å². The Morgan fingerprint density at radius 3 is 2.35 bits per heavy atom. The summed E-state index contributed by atoms with van der Waals surface area (Å²) in [6, 6.07) is 22.0. The molecule has 162 valence electrons. The fraction of sp³-hybridized carbons (Fsp3) is 0.280. The van der Waals surface area contributed by atoms with Gasteiger partial charge in [-0.1, -0.05) is 55.5 Å². The molecule has 5 nitrogen and oxygen atoms in total. The number of carbonyl (C=O) groups is 2. The Kier molecular flexibility index (Phi) is 8.79. The van der Waals surface area contributed by atoms with Gasteiger partial charge in [-0.05, 0) is 42.7 Å². The summed E-state index contributed by atoms with van der Waals surface area (Å²) in [5.74, 6) is 2.04. The molecular weight excluding hydrogens is 410 g/mol. The van der Waals surface area contributed by atoms with Crippen molar-refractivity contribution in [2.75, 3.05) is 5.75 Å². The molecule has 1 aromatic heterocycles. The number of benzene rings is 2. The second kappa shape index (κ2) is 12.0. The normalized spacial score (nSPS) is 12.7. The number of ketones is 1. The largest absolute Gasteiger partial charge is 0.481 e. The van der Waals surface area contributed by atoms with Gasteiger partial charge in [0.15, 0.2) is 11.9 Å². The minimum Gasteiger partial charge on any atom is -0.481 e. The van der Waals surface area contributed by atoms with Crippen LogP contribution >= 0.6 is 11.8 Å². The molecule has 0 aliphatic rings. The second-order valence-corrected chi connectivity index (χ2v) is 8.10. The van der Waals surface area contributed by atoms with Crippen molar-refractivity contribution >= 4 is 23.5 Å². The van der Waals surface area contributed by atoms with Crippen molar-refractivity contribution in [2.24, 2.45) is 0 Å². The van der Waals surface area contributed by atoms with Crippen LogP contribution < -0.4 is 10.1 Å². The lowest BCUT2D eigenvalue weighted by molar-refractivity contribution is -0.131. The van der Waals surface area contributed by atoms with Crippen LogP contribution in [0.1, 0.15) is 24.7 Å². The van der Waals surface area contributed by atoms with Gasteiger partial charge in [0.25, 0.3) is 5.91 Å². The molecule has 0 aliphatic heterocycles. The van der Waals surface area contributed by atoms with E-state index in [9.17, 15) is 9.59 Å². The molecule has 0 saturated carbocycles. The third-order valence-electron chi connectivity index (χ3n) is 4.74. The lowest BCUT2D eigenvalue weighted by atomic mass is 10.0. The van der Waals surface area contributed by atoms with Crippen molar-refractivity contribution in [3.8, 4) is 5.75 Å². The molecule has 0 spiro atoms. The summed E-state index contributed by atoms with van der Waals surface area (Å²) in [7, 11) is 0. The first kappa shape index (κ1) is 22.7. The molecule has 0 aliphatic carbocycles. The molecule has 1 unspecified atom stereocenters. The Balaban J connectivity index is 1.64. The van der Waals surface area contributed by atoms with Crippen molar-refractivity contribution < 1.29 is 18.7 Å². The van der Waals surface area contributed by atoms with E-state index in [2.05, 4.69) is 5.32 Å². The van der Waals surface area contributed by atoms with Gasteiger partial charge in [0, 0.05) is 0 Å². The topological polar surface area (TPSA) is 68.5 Å². The van der Waals surface area contributed by atoms with E-state index >= 15 is 0 Å². The van der Waals surface area contributed by atoms with Crippen molar-refractivity contribution in [1.82, 2.24) is 5.32 Å². The molecule has 3 rings (SSSR count). The number of thioether (sulfide) groups is 1. The Morgan fingerprint density at radius 2 is 1.71 bits per heavy atom. The number of carbonyl (C=O) groups excluding carboxylic acids is 2. The Labute approximate surface area is 187 Å². The first-order chi connectivity index (χ1) is 15.2. The van der Waals surface area contributed by atoms with Crippen LogP contribution in [0.5, 0.6) is 5.75 Å². The molecule has 0 saturated heterocycles. The summed E-state index contributed by atoms with van der Waals surface area (Å²) in [4.78, 5) is 25.9. The summed E-state index contributed by atoms with van der Waals surface area (Å²) < 4.78 is 11.2. The number of para-hydroxylation sites is 1. The van der Waals surface area contributed by atoms with Crippen molar-refractivity contribution in [3.63, 3.8) is 0 Å². The number of furan rings is 1. The summed E-state index contributed by atoms with van der Waals surface area (Å²) in [5, 5.41) is 2.93. The van der Waals surface area contributed by atoms with Crippen LogP contribution in [0.3, 0.4) is 0 Å². The summed E-state index contributed by atoms with van der Waals surface area (Å²) in [6.45, 7) is 1.89. The van der Waals surface area contributed by atoms with E-state index in [-0.39, 0.29) is 17.4 Å². The lowest BCUT2D eigenvalue weighted by Crippen LogP contribution is -2.48. The van der Waals surface area contributed by atoms with Gasteiger partial charge in [0.2, 0.25) is 0 Å². The van der Waals surface area contributed by atoms with Crippen LogP contribution in [-0.4, -0.2) is 29.6 Å². The van der Waals surface area contributed by atoms with Crippen molar-refractivity contribution in [3.05, 3.63) is 90.4 Å². The Hall–Kier alpha value is -2.99. The highest BCUT2D eigenvalue weighted by molar-refractivity contribution is 7.99. The van der Waals surface area contributed by atoms with E-state index in [1.807, 2.05) is 79.7 Å². The molecule has 2 aromatic carbocycles. The molecule has 1 heterocycles. The number of amides is 1. The monoisotopic (exact) mass is 437 g/mol. The van der Waals surface area contributed by atoms with Crippen molar-refractivity contribution in [1.29, 1.82) is 0 Å². The van der Waals surface area contributed by atoms with E-state index in [0.29, 0.717) is 24.3 Å². The van der Waals surface area contributed by atoms with Gasteiger partial charge >= 0.3 is 0 Å². The minimum absolute atomic E-state index is 0.0247. The second-order valence-electron chi connectivity index (χ2n) is 7.12. The summed E-state index contributed by atoms with van der Waals surface area (Å²) >= 11 is 1.48. The predicted octanol–water partition coefficient (Wildman–Crippen LogP) is 4.67. The predicted molar refractivity (Wildman–Crippen MR) is 123 cm³/mol. The maximum atomic E-state index is 13.0. The fourth-order valence-electron chi connectivity index (χ4n) is 3.09. The number of hydrogen-bond donors (Lipinski definition) is 1. The third-order valence-corrected chi connectivity index (χ3v) is 5.72. The molecule has 0 fully saturated rings. The molecule has 2 atom stereocenters. The molecule has 31 heavy (non-hydrogen) atoms. The van der Waals surface area contributed by atoms with Gasteiger partial charge in [-0.3, -0.25) is 9.59 Å². The number of Topliss-reactive ketones (excluding diaryl/α,β-unsaturated/α-hetero) is 1. The van der Waals surface area contributed by atoms with Crippen molar-refractivity contribution in [2.45, 2.75) is 37.7 Å². The Morgan fingerprint density at radius 1 is 1.00 bits per heavy atom. The maximum Gasteiger partial charge on any atom is 0.261 e. The molecule has 0 radical (unpaired) electrons. The van der Waals surface area contributed by atoms with Gasteiger partial charge in [-0.2, -0.15) is 0 Å². The van der Waals surface area contributed by atoms with Crippen LogP contribution in [0.15, 0.2) is 83.5 Å². The van der Waals surface area contributed by atoms with Crippen LogP contribution in [0, 0.1) is 0 Å².